The number of amides is 1. The van der Waals surface area contributed by atoms with Crippen LogP contribution in [0.2, 0.25) is 5.15 Å². The maximum atomic E-state index is 12.0. The number of nitrogens with zero attached hydrogens (tertiary/aromatic N) is 1. The first-order chi connectivity index (χ1) is 8.54. The van der Waals surface area contributed by atoms with E-state index in [9.17, 15) is 9.90 Å². The lowest BCUT2D eigenvalue weighted by Gasteiger charge is -2.26. The fraction of sp³-hybridized carbons (Fsp3) is 0.538. The molecule has 1 saturated carbocycles. The van der Waals surface area contributed by atoms with E-state index in [-0.39, 0.29) is 18.1 Å². The minimum absolute atomic E-state index is 0.0495. The third-order valence-electron chi connectivity index (χ3n) is 3.17. The molecule has 1 aromatic rings. The molecule has 5 heteroatoms. The Morgan fingerprint density at radius 3 is 2.94 bits per heavy atom. The SMILES string of the molecule is Cc1cc(C(=O)NC2CCCC(O)C2)cc(Cl)n1. The molecule has 0 aromatic carbocycles. The van der Waals surface area contributed by atoms with Crippen molar-refractivity contribution in [3.8, 4) is 0 Å². The van der Waals surface area contributed by atoms with E-state index in [1.54, 1.807) is 19.1 Å². The van der Waals surface area contributed by atoms with Crippen LogP contribution >= 0.6 is 11.6 Å². The van der Waals surface area contributed by atoms with E-state index in [0.29, 0.717) is 17.1 Å². The number of aliphatic hydroxyl groups excluding tert-OH is 1. The Hall–Kier alpha value is -1.13. The number of rotatable bonds is 2. The normalized spacial score (nSPS) is 23.7. The third-order valence-corrected chi connectivity index (χ3v) is 3.36. The van der Waals surface area contributed by atoms with Crippen LogP contribution in [0.4, 0.5) is 0 Å². The molecule has 0 radical (unpaired) electrons. The van der Waals surface area contributed by atoms with Crippen molar-refractivity contribution < 1.29 is 9.90 Å². The van der Waals surface area contributed by atoms with Crippen molar-refractivity contribution in [1.82, 2.24) is 10.3 Å². The quantitative estimate of drug-likeness (QED) is 0.808. The van der Waals surface area contributed by atoms with Crippen LogP contribution in [-0.2, 0) is 0 Å². The molecule has 1 fully saturated rings. The number of pyridine rings is 1. The maximum Gasteiger partial charge on any atom is 0.251 e. The highest BCUT2D eigenvalue weighted by Crippen LogP contribution is 2.19. The van der Waals surface area contributed by atoms with Gasteiger partial charge in [0.25, 0.3) is 5.91 Å². The van der Waals surface area contributed by atoms with E-state index in [4.69, 9.17) is 11.6 Å². The second kappa shape index (κ2) is 5.67. The molecule has 2 unspecified atom stereocenters. The summed E-state index contributed by atoms with van der Waals surface area (Å²) in [4.78, 5) is 16.1. The molecule has 4 nitrogen and oxygen atoms in total. The zero-order valence-electron chi connectivity index (χ0n) is 10.3. The summed E-state index contributed by atoms with van der Waals surface area (Å²) in [6.45, 7) is 1.80. The van der Waals surface area contributed by atoms with Gasteiger partial charge < -0.3 is 10.4 Å². The number of halogens is 1. The summed E-state index contributed by atoms with van der Waals surface area (Å²) < 4.78 is 0. The number of hydrogen-bond donors (Lipinski definition) is 2. The predicted molar refractivity (Wildman–Crippen MR) is 69.7 cm³/mol. The van der Waals surface area contributed by atoms with Gasteiger partial charge in [0.15, 0.2) is 0 Å². The Bertz CT molecular complexity index is 430. The molecule has 98 valence electrons. The van der Waals surface area contributed by atoms with E-state index in [0.717, 1.165) is 25.0 Å². The number of aryl methyl sites for hydroxylation is 1. The van der Waals surface area contributed by atoms with E-state index in [1.165, 1.54) is 0 Å². The standard InChI is InChI=1S/C13H17ClN2O2/c1-8-5-9(6-12(14)15-8)13(18)16-10-3-2-4-11(17)7-10/h5-6,10-11,17H,2-4,7H2,1H3,(H,16,18). The molecule has 0 bridgehead atoms. The number of aromatic nitrogens is 1. The van der Waals surface area contributed by atoms with E-state index >= 15 is 0 Å². The number of carbonyl (C=O) groups excluding carboxylic acids is 1. The molecular formula is C13H17ClN2O2. The number of hydrogen-bond acceptors (Lipinski definition) is 3. The minimum Gasteiger partial charge on any atom is -0.393 e. The van der Waals surface area contributed by atoms with Gasteiger partial charge in [-0.25, -0.2) is 4.98 Å². The second-order valence-corrected chi connectivity index (χ2v) is 5.20. The molecule has 0 spiro atoms. The Morgan fingerprint density at radius 1 is 1.50 bits per heavy atom. The lowest BCUT2D eigenvalue weighted by molar-refractivity contribution is 0.0849. The van der Waals surface area contributed by atoms with Gasteiger partial charge in [-0.2, -0.15) is 0 Å². The van der Waals surface area contributed by atoms with Crippen LogP contribution in [0.1, 0.15) is 41.7 Å². The molecule has 0 aliphatic heterocycles. The van der Waals surface area contributed by atoms with Gasteiger partial charge in [-0.15, -0.1) is 0 Å². The highest BCUT2D eigenvalue weighted by molar-refractivity contribution is 6.29. The van der Waals surface area contributed by atoms with Crippen LogP contribution in [0, 0.1) is 6.92 Å². The second-order valence-electron chi connectivity index (χ2n) is 4.81. The highest BCUT2D eigenvalue weighted by Gasteiger charge is 2.22. The van der Waals surface area contributed by atoms with Crippen molar-refractivity contribution >= 4 is 17.5 Å². The van der Waals surface area contributed by atoms with Crippen molar-refractivity contribution in [3.63, 3.8) is 0 Å². The molecule has 1 aromatic heterocycles. The van der Waals surface area contributed by atoms with Gasteiger partial charge in [0.1, 0.15) is 5.15 Å². The number of carbonyl (C=O) groups is 1. The summed E-state index contributed by atoms with van der Waals surface area (Å²) >= 11 is 5.83. The summed E-state index contributed by atoms with van der Waals surface area (Å²) in [5, 5.41) is 12.8. The largest absolute Gasteiger partial charge is 0.393 e. The van der Waals surface area contributed by atoms with Crippen molar-refractivity contribution in [2.75, 3.05) is 0 Å². The lowest BCUT2D eigenvalue weighted by atomic mass is 9.93. The number of aliphatic hydroxyl groups is 1. The Labute approximate surface area is 111 Å². The molecular weight excluding hydrogens is 252 g/mol. The molecule has 1 aliphatic rings. The van der Waals surface area contributed by atoms with Gasteiger partial charge in [-0.1, -0.05) is 11.6 Å². The molecule has 0 saturated heterocycles. The molecule has 2 atom stereocenters. The fourth-order valence-corrected chi connectivity index (χ4v) is 2.57. The van der Waals surface area contributed by atoms with Gasteiger partial charge in [0.05, 0.1) is 6.10 Å². The zero-order valence-corrected chi connectivity index (χ0v) is 11.1. The molecule has 1 amide bonds. The van der Waals surface area contributed by atoms with Gasteiger partial charge in [-0.3, -0.25) is 4.79 Å². The topological polar surface area (TPSA) is 62.2 Å². The zero-order chi connectivity index (χ0) is 13.1. The first kappa shape index (κ1) is 13.3. The molecule has 1 heterocycles. The highest BCUT2D eigenvalue weighted by atomic mass is 35.5. The smallest absolute Gasteiger partial charge is 0.251 e. The summed E-state index contributed by atoms with van der Waals surface area (Å²) in [6.07, 6.45) is 3.02. The Kier molecular flexibility index (Phi) is 4.19. The molecule has 18 heavy (non-hydrogen) atoms. The monoisotopic (exact) mass is 268 g/mol. The van der Waals surface area contributed by atoms with E-state index < -0.39 is 0 Å². The predicted octanol–water partition coefficient (Wildman–Crippen LogP) is 2.08. The average Bonchev–Trinajstić information content (AvgIpc) is 2.27. The van der Waals surface area contributed by atoms with E-state index in [1.807, 2.05) is 0 Å². The number of nitrogens with one attached hydrogen (secondary N) is 1. The molecule has 1 aliphatic carbocycles. The Morgan fingerprint density at radius 2 is 2.28 bits per heavy atom. The fourth-order valence-electron chi connectivity index (χ4n) is 2.32. The average molecular weight is 269 g/mol. The summed E-state index contributed by atoms with van der Waals surface area (Å²) in [7, 11) is 0. The van der Waals surface area contributed by atoms with Crippen molar-refractivity contribution in [2.45, 2.75) is 44.8 Å². The first-order valence-corrected chi connectivity index (χ1v) is 6.55. The summed E-state index contributed by atoms with van der Waals surface area (Å²) in [5.41, 5.74) is 1.24. The van der Waals surface area contributed by atoms with Gasteiger partial charge in [-0.05, 0) is 44.7 Å². The molecule has 2 rings (SSSR count). The van der Waals surface area contributed by atoms with Crippen LogP contribution in [0.5, 0.6) is 0 Å². The van der Waals surface area contributed by atoms with Gasteiger partial charge in [0.2, 0.25) is 0 Å². The van der Waals surface area contributed by atoms with Gasteiger partial charge >= 0.3 is 0 Å². The van der Waals surface area contributed by atoms with Crippen molar-refractivity contribution in [3.05, 3.63) is 28.5 Å². The first-order valence-electron chi connectivity index (χ1n) is 6.17. The Balaban J connectivity index is 2.02. The minimum atomic E-state index is -0.299. The van der Waals surface area contributed by atoms with Gasteiger partial charge in [0, 0.05) is 17.3 Å². The summed E-state index contributed by atoms with van der Waals surface area (Å²) in [5.74, 6) is -0.151. The molecule has 2 N–H and O–H groups in total. The van der Waals surface area contributed by atoms with Crippen LogP contribution < -0.4 is 5.32 Å². The lowest BCUT2D eigenvalue weighted by Crippen LogP contribution is -2.39. The van der Waals surface area contributed by atoms with Crippen LogP contribution in [0.15, 0.2) is 12.1 Å². The van der Waals surface area contributed by atoms with Crippen LogP contribution in [0.25, 0.3) is 0 Å². The van der Waals surface area contributed by atoms with E-state index in [2.05, 4.69) is 10.3 Å². The van der Waals surface area contributed by atoms with Crippen LogP contribution in [0.3, 0.4) is 0 Å². The van der Waals surface area contributed by atoms with Crippen molar-refractivity contribution in [1.29, 1.82) is 0 Å². The van der Waals surface area contributed by atoms with Crippen molar-refractivity contribution in [2.24, 2.45) is 0 Å². The third kappa shape index (κ3) is 3.43. The maximum absolute atomic E-state index is 12.0. The van der Waals surface area contributed by atoms with Crippen LogP contribution in [-0.4, -0.2) is 28.1 Å². The summed E-state index contributed by atoms with van der Waals surface area (Å²) in [6, 6.07) is 3.32.